The minimum absolute atomic E-state index is 0.383. The molecule has 0 aliphatic heterocycles. The fourth-order valence-electron chi connectivity index (χ4n) is 2.57. The fourth-order valence-corrected chi connectivity index (χ4v) is 2.57. The van der Waals surface area contributed by atoms with Crippen molar-refractivity contribution in [1.29, 1.82) is 0 Å². The highest BCUT2D eigenvalue weighted by atomic mass is 16.5. The minimum atomic E-state index is 0.383. The Labute approximate surface area is 98.1 Å². The monoisotopic (exact) mass is 216 g/mol. The van der Waals surface area contributed by atoms with Gasteiger partial charge in [0.1, 0.15) is 0 Å². The largest absolute Gasteiger partial charge is 0.374 e. The summed E-state index contributed by atoms with van der Waals surface area (Å²) < 4.78 is 5.88. The van der Waals surface area contributed by atoms with Crippen molar-refractivity contribution in [2.24, 2.45) is 0 Å². The van der Waals surface area contributed by atoms with Crippen molar-refractivity contribution in [3.63, 3.8) is 0 Å². The van der Waals surface area contributed by atoms with Crippen molar-refractivity contribution in [2.45, 2.75) is 37.7 Å². The van der Waals surface area contributed by atoms with Gasteiger partial charge in [-0.3, -0.25) is 0 Å². The van der Waals surface area contributed by atoms with Gasteiger partial charge in [-0.2, -0.15) is 0 Å². The lowest BCUT2D eigenvalue weighted by Crippen LogP contribution is -2.26. The number of ether oxygens (including phenoxy) is 1. The van der Waals surface area contributed by atoms with E-state index in [1.807, 2.05) is 6.08 Å². The normalized spacial score (nSPS) is 25.2. The van der Waals surface area contributed by atoms with Crippen LogP contribution in [0.3, 0.4) is 0 Å². The van der Waals surface area contributed by atoms with Crippen LogP contribution in [-0.4, -0.2) is 12.7 Å². The molecule has 0 bridgehead atoms. The Hall–Kier alpha value is -1.08. The van der Waals surface area contributed by atoms with Gasteiger partial charge in [-0.15, -0.1) is 6.58 Å². The lowest BCUT2D eigenvalue weighted by atomic mass is 9.81. The van der Waals surface area contributed by atoms with E-state index in [2.05, 4.69) is 36.9 Å². The van der Waals surface area contributed by atoms with E-state index in [-0.39, 0.29) is 0 Å². The van der Waals surface area contributed by atoms with Crippen LogP contribution in [0.2, 0.25) is 0 Å². The van der Waals surface area contributed by atoms with Crippen LogP contribution in [0, 0.1) is 0 Å². The Morgan fingerprint density at radius 1 is 1.19 bits per heavy atom. The van der Waals surface area contributed by atoms with Crippen LogP contribution in [0.1, 0.15) is 37.2 Å². The van der Waals surface area contributed by atoms with Gasteiger partial charge in [-0.25, -0.2) is 0 Å². The molecule has 1 aromatic carbocycles. The van der Waals surface area contributed by atoms with E-state index < -0.39 is 0 Å². The van der Waals surface area contributed by atoms with Gasteiger partial charge in [0, 0.05) is 5.92 Å². The molecule has 1 aliphatic rings. The topological polar surface area (TPSA) is 9.23 Å². The van der Waals surface area contributed by atoms with Gasteiger partial charge in [0.15, 0.2) is 0 Å². The van der Waals surface area contributed by atoms with Crippen molar-refractivity contribution in [2.75, 3.05) is 6.61 Å². The average molecular weight is 216 g/mol. The summed E-state index contributed by atoms with van der Waals surface area (Å²) in [6.45, 7) is 4.39. The van der Waals surface area contributed by atoms with Crippen molar-refractivity contribution in [3.05, 3.63) is 48.6 Å². The third-order valence-corrected chi connectivity index (χ3v) is 3.36. The van der Waals surface area contributed by atoms with Gasteiger partial charge in [-0.05, 0) is 18.4 Å². The predicted octanol–water partition coefficient (Wildman–Crippen LogP) is 3.92. The molecule has 0 N–H and O–H groups in total. The van der Waals surface area contributed by atoms with Gasteiger partial charge in [0.25, 0.3) is 0 Å². The Bertz CT molecular complexity index is 317. The smallest absolute Gasteiger partial charge is 0.0648 e. The van der Waals surface area contributed by atoms with Crippen LogP contribution in [0.5, 0.6) is 0 Å². The molecule has 0 unspecified atom stereocenters. The molecule has 0 aromatic heterocycles. The number of benzene rings is 1. The van der Waals surface area contributed by atoms with E-state index in [1.54, 1.807) is 0 Å². The Morgan fingerprint density at radius 3 is 2.69 bits per heavy atom. The third kappa shape index (κ3) is 2.73. The van der Waals surface area contributed by atoms with Crippen LogP contribution in [-0.2, 0) is 4.74 Å². The number of rotatable bonds is 4. The third-order valence-electron chi connectivity index (χ3n) is 3.36. The maximum atomic E-state index is 5.88. The van der Waals surface area contributed by atoms with E-state index in [0.29, 0.717) is 18.6 Å². The Morgan fingerprint density at radius 2 is 1.94 bits per heavy atom. The second-order valence-corrected chi connectivity index (χ2v) is 4.46. The molecule has 1 nitrogen and oxygen atoms in total. The van der Waals surface area contributed by atoms with E-state index in [4.69, 9.17) is 4.74 Å². The van der Waals surface area contributed by atoms with Crippen LogP contribution < -0.4 is 0 Å². The quantitative estimate of drug-likeness (QED) is 0.693. The average Bonchev–Trinajstić information content (AvgIpc) is 2.38. The maximum absolute atomic E-state index is 5.88. The van der Waals surface area contributed by atoms with Gasteiger partial charge in [0.2, 0.25) is 0 Å². The van der Waals surface area contributed by atoms with Crippen molar-refractivity contribution in [3.8, 4) is 0 Å². The van der Waals surface area contributed by atoms with Crippen molar-refractivity contribution >= 4 is 0 Å². The highest BCUT2D eigenvalue weighted by molar-refractivity contribution is 5.21. The molecule has 1 heteroatoms. The van der Waals surface area contributed by atoms with Gasteiger partial charge in [-0.1, -0.05) is 49.2 Å². The predicted molar refractivity (Wildman–Crippen MR) is 67.6 cm³/mol. The molecule has 2 atom stereocenters. The molecule has 2 rings (SSSR count). The van der Waals surface area contributed by atoms with E-state index in [0.717, 1.165) is 0 Å². The lowest BCUT2D eigenvalue weighted by molar-refractivity contribution is 0.0299. The zero-order chi connectivity index (χ0) is 11.2. The molecule has 1 aromatic rings. The molecular weight excluding hydrogens is 196 g/mol. The summed E-state index contributed by atoms with van der Waals surface area (Å²) in [7, 11) is 0. The zero-order valence-electron chi connectivity index (χ0n) is 9.77. The summed E-state index contributed by atoms with van der Waals surface area (Å²) in [6.07, 6.45) is 7.29. The molecule has 1 fully saturated rings. The van der Waals surface area contributed by atoms with E-state index >= 15 is 0 Å². The second-order valence-electron chi connectivity index (χ2n) is 4.46. The van der Waals surface area contributed by atoms with Crippen LogP contribution >= 0.6 is 0 Å². The standard InChI is InChI=1S/C15H20O/c1-2-12-16-15-11-7-6-10-14(15)13-8-4-3-5-9-13/h2-5,8-9,14-15H,1,6-7,10-12H2/t14-,15+/m0/s1. The van der Waals surface area contributed by atoms with Gasteiger partial charge in [0.05, 0.1) is 12.7 Å². The van der Waals surface area contributed by atoms with Crippen LogP contribution in [0.15, 0.2) is 43.0 Å². The van der Waals surface area contributed by atoms with Gasteiger partial charge < -0.3 is 4.74 Å². The molecule has 1 aliphatic carbocycles. The molecular formula is C15H20O. The highest BCUT2D eigenvalue weighted by Gasteiger charge is 2.26. The minimum Gasteiger partial charge on any atom is -0.374 e. The highest BCUT2D eigenvalue weighted by Crippen LogP contribution is 2.34. The molecule has 0 amide bonds. The van der Waals surface area contributed by atoms with Crippen molar-refractivity contribution < 1.29 is 4.74 Å². The molecule has 0 heterocycles. The molecule has 0 radical (unpaired) electrons. The number of hydrogen-bond acceptors (Lipinski definition) is 1. The number of hydrogen-bond donors (Lipinski definition) is 0. The first-order valence-electron chi connectivity index (χ1n) is 6.19. The molecule has 1 saturated carbocycles. The molecule has 0 spiro atoms. The second kappa shape index (κ2) is 5.86. The SMILES string of the molecule is C=CCO[C@@H]1CCCC[C@H]1c1ccccc1. The Kier molecular flexibility index (Phi) is 4.17. The lowest BCUT2D eigenvalue weighted by Gasteiger charge is -2.31. The van der Waals surface area contributed by atoms with Gasteiger partial charge >= 0.3 is 0 Å². The van der Waals surface area contributed by atoms with Crippen LogP contribution in [0.25, 0.3) is 0 Å². The summed E-state index contributed by atoms with van der Waals surface area (Å²) in [5, 5.41) is 0. The maximum Gasteiger partial charge on any atom is 0.0648 e. The Balaban J connectivity index is 2.07. The summed E-state index contributed by atoms with van der Waals surface area (Å²) in [6, 6.07) is 10.8. The molecule has 0 saturated heterocycles. The first-order valence-corrected chi connectivity index (χ1v) is 6.19. The zero-order valence-corrected chi connectivity index (χ0v) is 9.77. The first-order chi connectivity index (χ1) is 7.92. The first kappa shape index (κ1) is 11.4. The summed E-state index contributed by atoms with van der Waals surface area (Å²) in [4.78, 5) is 0. The van der Waals surface area contributed by atoms with Crippen molar-refractivity contribution in [1.82, 2.24) is 0 Å². The summed E-state index contributed by atoms with van der Waals surface area (Å²) in [5.41, 5.74) is 1.43. The molecule has 16 heavy (non-hydrogen) atoms. The summed E-state index contributed by atoms with van der Waals surface area (Å²) >= 11 is 0. The molecule has 86 valence electrons. The van der Waals surface area contributed by atoms with E-state index in [1.165, 1.54) is 31.2 Å². The van der Waals surface area contributed by atoms with Crippen LogP contribution in [0.4, 0.5) is 0 Å². The summed E-state index contributed by atoms with van der Waals surface area (Å²) in [5.74, 6) is 0.579. The fraction of sp³-hybridized carbons (Fsp3) is 0.467. The van der Waals surface area contributed by atoms with E-state index in [9.17, 15) is 0 Å².